The highest BCUT2D eigenvalue weighted by Gasteiger charge is 2.41. The first-order chi connectivity index (χ1) is 16.5. The fourth-order valence-corrected chi connectivity index (χ4v) is 5.73. The fourth-order valence-electron chi connectivity index (χ4n) is 4.83. The molecule has 2 heterocycles. The van der Waals surface area contributed by atoms with Crippen LogP contribution in [0.1, 0.15) is 59.1 Å². The van der Waals surface area contributed by atoms with Gasteiger partial charge in [-0.2, -0.15) is 0 Å². The molecule has 192 valence electrons. The second-order valence-electron chi connectivity index (χ2n) is 10.9. The van der Waals surface area contributed by atoms with E-state index < -0.39 is 27.6 Å². The summed E-state index contributed by atoms with van der Waals surface area (Å²) in [7, 11) is 0.414. The van der Waals surface area contributed by atoms with Crippen LogP contribution >= 0.6 is 0 Å². The number of nitrogens with zero attached hydrogens (tertiary/aromatic N) is 1. The van der Waals surface area contributed by atoms with Gasteiger partial charge in [-0.3, -0.25) is 4.79 Å². The van der Waals surface area contributed by atoms with Gasteiger partial charge in [0.15, 0.2) is 11.9 Å². The number of carbonyl (C=O) groups excluding carboxylic acids is 1. The molecular formula is C27H38N2O5S. The normalized spacial score (nSPS) is 22.8. The van der Waals surface area contributed by atoms with Crippen LogP contribution in [0.15, 0.2) is 36.4 Å². The molecule has 8 heteroatoms. The number of benzene rings is 2. The number of carbonyl (C=O) groups is 1. The first-order valence-electron chi connectivity index (χ1n) is 12.3. The molecule has 0 aromatic heterocycles. The predicted octanol–water partition coefficient (Wildman–Crippen LogP) is 4.33. The molecular weight excluding hydrogens is 464 g/mol. The molecule has 0 bridgehead atoms. The lowest BCUT2D eigenvalue weighted by Crippen LogP contribution is -2.47. The van der Waals surface area contributed by atoms with Gasteiger partial charge in [-0.25, -0.2) is 8.93 Å². The van der Waals surface area contributed by atoms with E-state index in [0.29, 0.717) is 13.1 Å². The summed E-state index contributed by atoms with van der Waals surface area (Å²) in [4.78, 5) is 14.9. The van der Waals surface area contributed by atoms with Crippen molar-refractivity contribution in [2.45, 2.75) is 70.1 Å². The van der Waals surface area contributed by atoms with Crippen LogP contribution in [0.5, 0.6) is 5.75 Å². The van der Waals surface area contributed by atoms with Crippen molar-refractivity contribution < 1.29 is 23.2 Å². The van der Waals surface area contributed by atoms with E-state index in [4.69, 9.17) is 14.2 Å². The van der Waals surface area contributed by atoms with Crippen molar-refractivity contribution >= 4 is 27.7 Å². The van der Waals surface area contributed by atoms with E-state index in [2.05, 4.69) is 29.0 Å². The summed E-state index contributed by atoms with van der Waals surface area (Å²) in [5.74, 6) is 0.235. The average Bonchev–Trinajstić information content (AvgIpc) is 3.20. The molecule has 7 nitrogen and oxygen atoms in total. The number of amides is 1. The number of rotatable bonds is 6. The Kier molecular flexibility index (Phi) is 7.57. The predicted molar refractivity (Wildman–Crippen MR) is 138 cm³/mol. The zero-order chi connectivity index (χ0) is 25.4. The number of nitrogens with one attached hydrogen (secondary N) is 1. The minimum absolute atomic E-state index is 0.0138. The number of ether oxygens (including phenoxy) is 3. The SMILES string of the molecule is COc1cc2ccccc2cc1[C@H](N[S@@](=O)C(C)(C)C)C1CCN(C(=O)[C@H]2COC(C)(C)O2)CC1. The van der Waals surface area contributed by atoms with Gasteiger partial charge in [0.2, 0.25) is 0 Å². The minimum atomic E-state index is -1.26. The van der Waals surface area contributed by atoms with Crippen LogP contribution in [0.2, 0.25) is 0 Å². The summed E-state index contributed by atoms with van der Waals surface area (Å²) in [6.45, 7) is 11.1. The van der Waals surface area contributed by atoms with E-state index in [1.807, 2.05) is 51.7 Å². The molecule has 0 spiro atoms. The largest absolute Gasteiger partial charge is 0.496 e. The van der Waals surface area contributed by atoms with Crippen molar-refractivity contribution in [1.82, 2.24) is 9.62 Å². The van der Waals surface area contributed by atoms with Crippen LogP contribution < -0.4 is 9.46 Å². The maximum atomic E-state index is 13.2. The van der Waals surface area contributed by atoms with Crippen molar-refractivity contribution in [2.75, 3.05) is 26.8 Å². The lowest BCUT2D eigenvalue weighted by Gasteiger charge is -2.38. The van der Waals surface area contributed by atoms with Crippen LogP contribution in [0, 0.1) is 5.92 Å². The molecule has 0 unspecified atom stereocenters. The van der Waals surface area contributed by atoms with Crippen LogP contribution in [0.3, 0.4) is 0 Å². The van der Waals surface area contributed by atoms with Crippen LogP contribution in [0.4, 0.5) is 0 Å². The molecule has 4 rings (SSSR count). The van der Waals surface area contributed by atoms with E-state index in [-0.39, 0.29) is 24.5 Å². The van der Waals surface area contributed by atoms with Crippen LogP contribution in [-0.4, -0.2) is 58.5 Å². The number of hydrogen-bond acceptors (Lipinski definition) is 5. The Bertz CT molecular complexity index is 1090. The summed E-state index contributed by atoms with van der Waals surface area (Å²) < 4.78 is 33.4. The molecule has 3 atom stereocenters. The lowest BCUT2D eigenvalue weighted by atomic mass is 9.84. The van der Waals surface area contributed by atoms with Gasteiger partial charge in [-0.1, -0.05) is 24.3 Å². The molecule has 2 fully saturated rings. The van der Waals surface area contributed by atoms with Crippen molar-refractivity contribution in [3.05, 3.63) is 42.0 Å². The topological polar surface area (TPSA) is 77.1 Å². The third-order valence-electron chi connectivity index (χ3n) is 6.83. The van der Waals surface area contributed by atoms with E-state index in [9.17, 15) is 9.00 Å². The van der Waals surface area contributed by atoms with E-state index in [0.717, 1.165) is 34.9 Å². The standard InChI is InChI=1S/C27H38N2O5S/c1-26(2,3)35(31)28-24(21-15-19-9-7-8-10-20(19)16-22(21)32-6)18-11-13-29(14-12-18)25(30)23-17-33-27(4,5)34-23/h7-10,15-16,18,23-24,28H,11-14,17H2,1-6H3/t23-,24-,35+/m1/s1. The van der Waals surface area contributed by atoms with Gasteiger partial charge >= 0.3 is 0 Å². The van der Waals surface area contributed by atoms with E-state index in [1.54, 1.807) is 7.11 Å². The van der Waals surface area contributed by atoms with Gasteiger partial charge < -0.3 is 19.1 Å². The monoisotopic (exact) mass is 502 g/mol. The molecule has 0 aliphatic carbocycles. The number of hydrogen-bond donors (Lipinski definition) is 1. The van der Waals surface area contributed by atoms with Crippen molar-refractivity contribution in [3.63, 3.8) is 0 Å². The molecule has 2 aromatic rings. The maximum absolute atomic E-state index is 13.2. The van der Waals surface area contributed by atoms with E-state index in [1.165, 1.54) is 0 Å². The first kappa shape index (κ1) is 26.1. The van der Waals surface area contributed by atoms with Gasteiger partial charge in [0.05, 0.1) is 35.5 Å². The molecule has 0 radical (unpaired) electrons. The van der Waals surface area contributed by atoms with Crippen molar-refractivity contribution in [3.8, 4) is 5.75 Å². The zero-order valence-electron chi connectivity index (χ0n) is 21.6. The van der Waals surface area contributed by atoms with Gasteiger partial charge in [0, 0.05) is 18.7 Å². The molecule has 2 aromatic carbocycles. The van der Waals surface area contributed by atoms with Gasteiger partial charge in [-0.15, -0.1) is 0 Å². The summed E-state index contributed by atoms with van der Waals surface area (Å²) in [6, 6.07) is 12.2. The van der Waals surface area contributed by atoms with Gasteiger partial charge in [0.1, 0.15) is 5.75 Å². The Morgan fingerprint density at radius 3 is 2.34 bits per heavy atom. The highest BCUT2D eigenvalue weighted by molar-refractivity contribution is 7.84. The quantitative estimate of drug-likeness (QED) is 0.636. The van der Waals surface area contributed by atoms with Crippen LogP contribution in [-0.2, 0) is 25.3 Å². The second kappa shape index (κ2) is 10.2. The highest BCUT2D eigenvalue weighted by Crippen LogP contribution is 2.39. The Hall–Kier alpha value is -2.00. The zero-order valence-corrected chi connectivity index (χ0v) is 22.4. The Morgan fingerprint density at radius 2 is 1.80 bits per heavy atom. The third-order valence-corrected chi connectivity index (χ3v) is 8.41. The first-order valence-corrected chi connectivity index (χ1v) is 13.5. The maximum Gasteiger partial charge on any atom is 0.254 e. The van der Waals surface area contributed by atoms with Crippen molar-refractivity contribution in [2.24, 2.45) is 5.92 Å². The number of methoxy groups -OCH3 is 1. The average molecular weight is 503 g/mol. The second-order valence-corrected chi connectivity index (χ2v) is 12.9. The summed E-state index contributed by atoms with van der Waals surface area (Å²) in [5.41, 5.74) is 1.00. The molecule has 1 amide bonds. The van der Waals surface area contributed by atoms with Crippen LogP contribution in [0.25, 0.3) is 10.8 Å². The Labute approximate surface area is 211 Å². The van der Waals surface area contributed by atoms with Gasteiger partial charge in [-0.05, 0) is 76.3 Å². The molecule has 2 saturated heterocycles. The number of likely N-dealkylation sites (tertiary alicyclic amines) is 1. The molecule has 1 N–H and O–H groups in total. The Morgan fingerprint density at radius 1 is 1.17 bits per heavy atom. The number of piperidine rings is 1. The van der Waals surface area contributed by atoms with Crippen molar-refractivity contribution in [1.29, 1.82) is 0 Å². The fraction of sp³-hybridized carbons (Fsp3) is 0.593. The molecule has 0 saturated carbocycles. The number of fused-ring (bicyclic) bond motifs is 1. The molecule has 35 heavy (non-hydrogen) atoms. The lowest BCUT2D eigenvalue weighted by molar-refractivity contribution is -0.161. The van der Waals surface area contributed by atoms with E-state index >= 15 is 0 Å². The minimum Gasteiger partial charge on any atom is -0.496 e. The summed E-state index contributed by atoms with van der Waals surface area (Å²) in [5, 5.41) is 2.22. The smallest absolute Gasteiger partial charge is 0.254 e. The Balaban J connectivity index is 1.57. The highest BCUT2D eigenvalue weighted by atomic mass is 32.2. The third kappa shape index (κ3) is 5.88. The summed E-state index contributed by atoms with van der Waals surface area (Å²) >= 11 is 0. The van der Waals surface area contributed by atoms with Gasteiger partial charge in [0.25, 0.3) is 5.91 Å². The summed E-state index contributed by atoms with van der Waals surface area (Å²) in [6.07, 6.45) is 1.03. The molecule has 2 aliphatic heterocycles. The molecule has 2 aliphatic rings.